The first kappa shape index (κ1) is 12.1. The monoisotopic (exact) mass is 237 g/mol. The minimum absolute atomic E-state index is 0.105. The van der Waals surface area contributed by atoms with E-state index in [9.17, 15) is 0 Å². The molecule has 6 nitrogen and oxygen atoms in total. The smallest absolute Gasteiger partial charge is 0.134 e. The average molecular weight is 237 g/mol. The molecule has 17 heavy (non-hydrogen) atoms. The molecule has 0 amide bonds. The summed E-state index contributed by atoms with van der Waals surface area (Å²) >= 11 is 0. The highest BCUT2D eigenvalue weighted by Crippen LogP contribution is 2.15. The average Bonchev–Trinajstić information content (AvgIpc) is 2.37. The molecule has 0 unspecified atom stereocenters. The summed E-state index contributed by atoms with van der Waals surface area (Å²) in [5.41, 5.74) is 0. The van der Waals surface area contributed by atoms with Crippen molar-refractivity contribution in [1.82, 2.24) is 14.9 Å². The Labute approximate surface area is 101 Å². The molecule has 94 valence electrons. The molecule has 6 heteroatoms. The molecule has 1 aliphatic heterocycles. The number of rotatable bonds is 4. The van der Waals surface area contributed by atoms with Gasteiger partial charge in [0.15, 0.2) is 0 Å². The molecule has 1 aromatic rings. The molecule has 0 bridgehead atoms. The van der Waals surface area contributed by atoms with Crippen molar-refractivity contribution in [2.24, 2.45) is 0 Å². The number of likely N-dealkylation sites (N-methyl/N-ethyl adjacent to an activating group) is 1. The number of anilines is 2. The molecule has 0 radical (unpaired) electrons. The first-order valence-corrected chi connectivity index (χ1v) is 5.90. The Balaban J connectivity index is 2.00. The molecule has 2 heterocycles. The predicted octanol–water partition coefficient (Wildman–Crippen LogP) is -0.367. The van der Waals surface area contributed by atoms with Gasteiger partial charge in [0.2, 0.25) is 0 Å². The van der Waals surface area contributed by atoms with E-state index in [0.29, 0.717) is 6.54 Å². The third-order valence-electron chi connectivity index (χ3n) is 2.90. The zero-order valence-corrected chi connectivity index (χ0v) is 10.1. The highest BCUT2D eigenvalue weighted by molar-refractivity contribution is 5.48. The van der Waals surface area contributed by atoms with Crippen molar-refractivity contribution in [3.63, 3.8) is 0 Å². The summed E-state index contributed by atoms with van der Waals surface area (Å²) in [6.45, 7) is 4.72. The predicted molar refractivity (Wildman–Crippen MR) is 67.3 cm³/mol. The first-order chi connectivity index (χ1) is 8.29. The van der Waals surface area contributed by atoms with Gasteiger partial charge >= 0.3 is 0 Å². The highest BCUT2D eigenvalue weighted by atomic mass is 16.3. The van der Waals surface area contributed by atoms with Crippen LogP contribution in [0.25, 0.3) is 0 Å². The van der Waals surface area contributed by atoms with E-state index >= 15 is 0 Å². The molecule has 0 aliphatic carbocycles. The molecule has 0 aromatic carbocycles. The molecular formula is C11H19N5O. The molecule has 1 aromatic heterocycles. The Morgan fingerprint density at radius 3 is 2.76 bits per heavy atom. The van der Waals surface area contributed by atoms with Crippen molar-refractivity contribution in [3.8, 4) is 0 Å². The Kier molecular flexibility index (Phi) is 4.11. The van der Waals surface area contributed by atoms with E-state index in [-0.39, 0.29) is 6.61 Å². The Morgan fingerprint density at radius 1 is 1.29 bits per heavy atom. The minimum atomic E-state index is 0.105. The van der Waals surface area contributed by atoms with Crippen molar-refractivity contribution < 1.29 is 5.11 Å². The fraction of sp³-hybridized carbons (Fsp3) is 0.636. The third kappa shape index (κ3) is 3.28. The highest BCUT2D eigenvalue weighted by Gasteiger charge is 2.15. The Bertz CT molecular complexity index is 351. The Morgan fingerprint density at radius 2 is 2.06 bits per heavy atom. The molecular weight excluding hydrogens is 218 g/mol. The van der Waals surface area contributed by atoms with Crippen LogP contribution in [-0.2, 0) is 0 Å². The second-order valence-electron chi connectivity index (χ2n) is 4.20. The lowest BCUT2D eigenvalue weighted by atomic mass is 10.3. The third-order valence-corrected chi connectivity index (χ3v) is 2.90. The standard InChI is InChI=1S/C11H19N5O/c1-15-3-5-16(6-4-15)11-8-10(12-2-7-17)13-9-14-11/h8-9,17H,2-7H2,1H3,(H,12,13,14). The fourth-order valence-electron chi connectivity index (χ4n) is 1.84. The van der Waals surface area contributed by atoms with Crippen LogP contribution >= 0.6 is 0 Å². The number of piperazine rings is 1. The van der Waals surface area contributed by atoms with Crippen molar-refractivity contribution >= 4 is 11.6 Å². The lowest BCUT2D eigenvalue weighted by molar-refractivity contribution is 0.310. The normalized spacial score (nSPS) is 17.2. The van der Waals surface area contributed by atoms with Gasteiger partial charge in [-0.05, 0) is 7.05 Å². The number of hydrogen-bond donors (Lipinski definition) is 2. The Hall–Kier alpha value is -1.40. The zero-order chi connectivity index (χ0) is 12.1. The number of aliphatic hydroxyl groups is 1. The number of aromatic nitrogens is 2. The molecule has 1 saturated heterocycles. The topological polar surface area (TPSA) is 64.5 Å². The molecule has 2 rings (SSSR count). The molecule has 1 aliphatic rings. The molecule has 0 atom stereocenters. The maximum Gasteiger partial charge on any atom is 0.134 e. The van der Waals surface area contributed by atoms with Crippen molar-refractivity contribution in [1.29, 1.82) is 0 Å². The molecule has 0 saturated carbocycles. The van der Waals surface area contributed by atoms with Gasteiger partial charge in [0.05, 0.1) is 6.61 Å². The molecule has 0 spiro atoms. The van der Waals surface area contributed by atoms with Crippen LogP contribution in [0.1, 0.15) is 0 Å². The van der Waals surface area contributed by atoms with Crippen LogP contribution in [0.2, 0.25) is 0 Å². The molecule has 1 fully saturated rings. The van der Waals surface area contributed by atoms with Gasteiger partial charge in [0.1, 0.15) is 18.0 Å². The van der Waals surface area contributed by atoms with Gasteiger partial charge in [-0.15, -0.1) is 0 Å². The van der Waals surface area contributed by atoms with Crippen LogP contribution in [0, 0.1) is 0 Å². The summed E-state index contributed by atoms with van der Waals surface area (Å²) in [5, 5.41) is 11.8. The van der Waals surface area contributed by atoms with Gasteiger partial charge < -0.3 is 20.2 Å². The summed E-state index contributed by atoms with van der Waals surface area (Å²) in [5.74, 6) is 1.72. The maximum absolute atomic E-state index is 8.75. The lowest BCUT2D eigenvalue weighted by Crippen LogP contribution is -2.44. The van der Waals surface area contributed by atoms with E-state index in [1.165, 1.54) is 0 Å². The second-order valence-corrected chi connectivity index (χ2v) is 4.20. The van der Waals surface area contributed by atoms with Crippen LogP contribution in [0.15, 0.2) is 12.4 Å². The first-order valence-electron chi connectivity index (χ1n) is 5.90. The molecule has 2 N–H and O–H groups in total. The quantitative estimate of drug-likeness (QED) is 0.745. The summed E-state index contributed by atoms with van der Waals surface area (Å²) in [4.78, 5) is 13.0. The van der Waals surface area contributed by atoms with E-state index in [2.05, 4.69) is 32.1 Å². The van der Waals surface area contributed by atoms with E-state index in [1.807, 2.05) is 6.07 Å². The largest absolute Gasteiger partial charge is 0.395 e. The van der Waals surface area contributed by atoms with Crippen LogP contribution in [0.5, 0.6) is 0 Å². The van der Waals surface area contributed by atoms with E-state index in [1.54, 1.807) is 6.33 Å². The fourth-order valence-corrected chi connectivity index (χ4v) is 1.84. The number of nitrogens with zero attached hydrogens (tertiary/aromatic N) is 4. The van der Waals surface area contributed by atoms with Gasteiger partial charge in [-0.1, -0.05) is 0 Å². The SMILES string of the molecule is CN1CCN(c2cc(NCCO)ncn2)CC1. The van der Waals surface area contributed by atoms with E-state index < -0.39 is 0 Å². The lowest BCUT2D eigenvalue weighted by Gasteiger charge is -2.33. The van der Waals surface area contributed by atoms with E-state index in [4.69, 9.17) is 5.11 Å². The van der Waals surface area contributed by atoms with E-state index in [0.717, 1.165) is 37.8 Å². The van der Waals surface area contributed by atoms with Gasteiger partial charge in [-0.25, -0.2) is 9.97 Å². The number of aliphatic hydroxyl groups excluding tert-OH is 1. The second kappa shape index (κ2) is 5.79. The van der Waals surface area contributed by atoms with Crippen molar-refractivity contribution in [2.45, 2.75) is 0 Å². The van der Waals surface area contributed by atoms with Crippen molar-refractivity contribution in [2.75, 3.05) is 56.6 Å². The van der Waals surface area contributed by atoms with Crippen LogP contribution < -0.4 is 10.2 Å². The summed E-state index contributed by atoms with van der Waals surface area (Å²) in [6, 6.07) is 1.93. The van der Waals surface area contributed by atoms with Gasteiger partial charge in [-0.2, -0.15) is 0 Å². The minimum Gasteiger partial charge on any atom is -0.395 e. The van der Waals surface area contributed by atoms with Gasteiger partial charge in [0, 0.05) is 38.8 Å². The summed E-state index contributed by atoms with van der Waals surface area (Å²) < 4.78 is 0. The van der Waals surface area contributed by atoms with Crippen LogP contribution in [-0.4, -0.2) is 66.4 Å². The van der Waals surface area contributed by atoms with Gasteiger partial charge in [-0.3, -0.25) is 0 Å². The van der Waals surface area contributed by atoms with Crippen molar-refractivity contribution in [3.05, 3.63) is 12.4 Å². The summed E-state index contributed by atoms with van der Waals surface area (Å²) in [7, 11) is 2.13. The maximum atomic E-state index is 8.75. The summed E-state index contributed by atoms with van der Waals surface area (Å²) in [6.07, 6.45) is 1.56. The van der Waals surface area contributed by atoms with Crippen LogP contribution in [0.3, 0.4) is 0 Å². The zero-order valence-electron chi connectivity index (χ0n) is 10.1. The number of hydrogen-bond acceptors (Lipinski definition) is 6. The van der Waals surface area contributed by atoms with Gasteiger partial charge in [0.25, 0.3) is 0 Å². The number of nitrogens with one attached hydrogen (secondary N) is 1. The van der Waals surface area contributed by atoms with Crippen LogP contribution in [0.4, 0.5) is 11.6 Å².